The van der Waals surface area contributed by atoms with Crippen molar-refractivity contribution in [1.29, 1.82) is 0 Å². The van der Waals surface area contributed by atoms with E-state index in [1.165, 1.54) is 11.1 Å². The van der Waals surface area contributed by atoms with Crippen LogP contribution in [-0.2, 0) is 10.8 Å². The second kappa shape index (κ2) is 6.68. The Hall–Kier alpha value is -2.48. The summed E-state index contributed by atoms with van der Waals surface area (Å²) in [6.07, 6.45) is 3.82. The van der Waals surface area contributed by atoms with E-state index in [0.717, 1.165) is 22.5 Å². The quantitative estimate of drug-likeness (QED) is 0.537. The van der Waals surface area contributed by atoms with Gasteiger partial charge in [0.15, 0.2) is 5.82 Å². The Kier molecular flexibility index (Phi) is 4.70. The van der Waals surface area contributed by atoms with E-state index in [0.29, 0.717) is 0 Å². The van der Waals surface area contributed by atoms with Gasteiger partial charge in [0, 0.05) is 23.5 Å². The molecule has 0 saturated carbocycles. The van der Waals surface area contributed by atoms with E-state index in [9.17, 15) is 0 Å². The average molecular weight is 345 g/mol. The third kappa shape index (κ3) is 4.01. The molecule has 0 aliphatic rings. The van der Waals surface area contributed by atoms with E-state index < -0.39 is 0 Å². The molecule has 2 aromatic carbocycles. The first-order valence-electron chi connectivity index (χ1n) is 9.18. The fraction of sp³-hybridized carbons (Fsp3) is 0.333. The van der Waals surface area contributed by atoms with Crippen molar-refractivity contribution in [3.8, 4) is 22.5 Å². The van der Waals surface area contributed by atoms with Crippen LogP contribution in [0.1, 0.15) is 52.7 Å². The highest BCUT2D eigenvalue weighted by Gasteiger charge is 2.14. The summed E-state index contributed by atoms with van der Waals surface area (Å²) in [7, 11) is 0. The number of rotatable bonds is 2. The van der Waals surface area contributed by atoms with E-state index in [1.54, 1.807) is 0 Å². The molecule has 0 aliphatic carbocycles. The summed E-state index contributed by atoms with van der Waals surface area (Å²) in [4.78, 5) is 9.15. The molecule has 0 radical (unpaired) electrons. The predicted molar refractivity (Wildman–Crippen MR) is 110 cm³/mol. The van der Waals surface area contributed by atoms with Crippen LogP contribution in [0.3, 0.4) is 0 Å². The van der Waals surface area contributed by atoms with Gasteiger partial charge in [-0.25, -0.2) is 9.97 Å². The topological polar surface area (TPSA) is 25.8 Å². The van der Waals surface area contributed by atoms with E-state index >= 15 is 0 Å². The van der Waals surface area contributed by atoms with Crippen LogP contribution >= 0.6 is 0 Å². The lowest BCUT2D eigenvalue weighted by Gasteiger charge is -2.19. The summed E-state index contributed by atoms with van der Waals surface area (Å²) < 4.78 is 0. The van der Waals surface area contributed by atoms with Crippen molar-refractivity contribution in [2.75, 3.05) is 0 Å². The zero-order chi connectivity index (χ0) is 18.9. The van der Waals surface area contributed by atoms with E-state index in [2.05, 4.69) is 100 Å². The van der Waals surface area contributed by atoms with Gasteiger partial charge in [-0.1, -0.05) is 90.1 Å². The van der Waals surface area contributed by atoms with E-state index in [-0.39, 0.29) is 10.8 Å². The Morgan fingerprint density at radius 1 is 0.500 bits per heavy atom. The summed E-state index contributed by atoms with van der Waals surface area (Å²) >= 11 is 0. The van der Waals surface area contributed by atoms with Crippen LogP contribution in [-0.4, -0.2) is 9.97 Å². The molecule has 0 aliphatic heterocycles. The molecule has 0 N–H and O–H groups in total. The summed E-state index contributed by atoms with van der Waals surface area (Å²) in [5, 5.41) is 0. The Morgan fingerprint density at radius 2 is 0.885 bits per heavy atom. The lowest BCUT2D eigenvalue weighted by atomic mass is 9.86. The van der Waals surface area contributed by atoms with Gasteiger partial charge in [-0.05, 0) is 27.5 Å². The first kappa shape index (κ1) is 18.3. The standard InChI is InChI=1S/C24H28N2/c1-23(2,3)20-11-7-17(8-12-20)19-15-25-22(26-16-19)18-9-13-21(14-10-18)24(4,5)6/h7-16H,1-6H3. The third-order valence-electron chi connectivity index (χ3n) is 4.75. The van der Waals surface area contributed by atoms with Crippen LogP contribution in [0.2, 0.25) is 0 Å². The van der Waals surface area contributed by atoms with Gasteiger partial charge in [0.05, 0.1) is 0 Å². The summed E-state index contributed by atoms with van der Waals surface area (Å²) in [5.74, 6) is 0.764. The summed E-state index contributed by atoms with van der Waals surface area (Å²) in [6.45, 7) is 13.3. The van der Waals surface area contributed by atoms with Crippen LogP contribution in [0.25, 0.3) is 22.5 Å². The second-order valence-corrected chi connectivity index (χ2v) is 8.95. The number of nitrogens with zero attached hydrogens (tertiary/aromatic N) is 2. The highest BCUT2D eigenvalue weighted by Crippen LogP contribution is 2.27. The SMILES string of the molecule is CC(C)(C)c1ccc(-c2cnc(-c3ccc(C(C)(C)C)cc3)nc2)cc1. The minimum Gasteiger partial charge on any atom is -0.236 e. The smallest absolute Gasteiger partial charge is 0.159 e. The van der Waals surface area contributed by atoms with Gasteiger partial charge in [-0.3, -0.25) is 0 Å². The molecule has 0 saturated heterocycles. The molecule has 0 fully saturated rings. The lowest BCUT2D eigenvalue weighted by molar-refractivity contribution is 0.590. The molecule has 2 heteroatoms. The zero-order valence-corrected chi connectivity index (χ0v) is 16.7. The Balaban J connectivity index is 1.82. The molecular weight excluding hydrogens is 316 g/mol. The molecule has 0 amide bonds. The highest BCUT2D eigenvalue weighted by atomic mass is 14.9. The van der Waals surface area contributed by atoms with Gasteiger partial charge in [0.1, 0.15) is 0 Å². The maximum absolute atomic E-state index is 4.58. The Morgan fingerprint density at radius 3 is 1.27 bits per heavy atom. The predicted octanol–water partition coefficient (Wildman–Crippen LogP) is 6.41. The molecule has 0 spiro atoms. The second-order valence-electron chi connectivity index (χ2n) is 8.95. The number of benzene rings is 2. The average Bonchev–Trinajstić information content (AvgIpc) is 2.61. The van der Waals surface area contributed by atoms with E-state index in [1.807, 2.05) is 12.4 Å². The molecule has 3 rings (SSSR count). The van der Waals surface area contributed by atoms with Crippen molar-refractivity contribution in [3.05, 3.63) is 72.1 Å². The normalized spacial score (nSPS) is 12.2. The minimum atomic E-state index is 0.155. The van der Waals surface area contributed by atoms with Crippen LogP contribution in [0, 0.1) is 0 Å². The molecule has 0 unspecified atom stereocenters. The molecule has 0 bridgehead atoms. The number of hydrogen-bond donors (Lipinski definition) is 0. The van der Waals surface area contributed by atoms with Crippen LogP contribution in [0.5, 0.6) is 0 Å². The maximum Gasteiger partial charge on any atom is 0.159 e. The maximum atomic E-state index is 4.58. The van der Waals surface area contributed by atoms with Crippen molar-refractivity contribution in [1.82, 2.24) is 9.97 Å². The number of hydrogen-bond acceptors (Lipinski definition) is 2. The lowest BCUT2D eigenvalue weighted by Crippen LogP contribution is -2.10. The van der Waals surface area contributed by atoms with Gasteiger partial charge in [0.2, 0.25) is 0 Å². The van der Waals surface area contributed by atoms with Gasteiger partial charge >= 0.3 is 0 Å². The Bertz CT molecular complexity index is 783. The summed E-state index contributed by atoms with van der Waals surface area (Å²) in [5.41, 5.74) is 6.20. The molecule has 3 aromatic rings. The van der Waals surface area contributed by atoms with Gasteiger partial charge < -0.3 is 0 Å². The first-order valence-corrected chi connectivity index (χ1v) is 9.18. The Labute approximate surface area is 157 Å². The monoisotopic (exact) mass is 344 g/mol. The van der Waals surface area contributed by atoms with E-state index in [4.69, 9.17) is 0 Å². The molecule has 1 aromatic heterocycles. The third-order valence-corrected chi connectivity index (χ3v) is 4.75. The highest BCUT2D eigenvalue weighted by molar-refractivity contribution is 5.64. The molecule has 2 nitrogen and oxygen atoms in total. The van der Waals surface area contributed by atoms with Gasteiger partial charge in [-0.2, -0.15) is 0 Å². The molecule has 26 heavy (non-hydrogen) atoms. The molecule has 134 valence electrons. The fourth-order valence-electron chi connectivity index (χ4n) is 2.91. The van der Waals surface area contributed by atoms with Crippen molar-refractivity contribution in [3.63, 3.8) is 0 Å². The van der Waals surface area contributed by atoms with Crippen molar-refractivity contribution in [2.45, 2.75) is 52.4 Å². The number of aromatic nitrogens is 2. The summed E-state index contributed by atoms with van der Waals surface area (Å²) in [6, 6.07) is 17.2. The molecular formula is C24H28N2. The molecule has 1 heterocycles. The van der Waals surface area contributed by atoms with Crippen LogP contribution in [0.4, 0.5) is 0 Å². The minimum absolute atomic E-state index is 0.155. The largest absolute Gasteiger partial charge is 0.236 e. The molecule has 0 atom stereocenters. The van der Waals surface area contributed by atoms with Crippen molar-refractivity contribution < 1.29 is 0 Å². The first-order chi connectivity index (χ1) is 12.1. The van der Waals surface area contributed by atoms with Crippen LogP contribution < -0.4 is 0 Å². The fourth-order valence-corrected chi connectivity index (χ4v) is 2.91. The van der Waals surface area contributed by atoms with Crippen molar-refractivity contribution in [2.24, 2.45) is 0 Å². The van der Waals surface area contributed by atoms with Gasteiger partial charge in [-0.15, -0.1) is 0 Å². The van der Waals surface area contributed by atoms with Gasteiger partial charge in [0.25, 0.3) is 0 Å². The van der Waals surface area contributed by atoms with Crippen LogP contribution in [0.15, 0.2) is 60.9 Å². The van der Waals surface area contributed by atoms with Crippen molar-refractivity contribution >= 4 is 0 Å². The zero-order valence-electron chi connectivity index (χ0n) is 16.7.